The minimum absolute atomic E-state index is 0.228. The molecule has 0 aromatic heterocycles. The Labute approximate surface area is 121 Å². The van der Waals surface area contributed by atoms with E-state index in [9.17, 15) is 0 Å². The molecule has 3 atom stereocenters. The minimum Gasteiger partial charge on any atom is -0.374 e. The topological polar surface area (TPSA) is 24.5 Å². The van der Waals surface area contributed by atoms with Crippen LogP contribution in [0.15, 0.2) is 0 Å². The zero-order valence-electron chi connectivity index (χ0n) is 12.2. The average molecular weight is 284 g/mol. The van der Waals surface area contributed by atoms with E-state index in [1.807, 2.05) is 0 Å². The number of hydrogen-bond donors (Lipinski definition) is 1. The molecule has 3 rings (SSSR count). The highest BCUT2D eigenvalue weighted by Crippen LogP contribution is 2.40. The van der Waals surface area contributed by atoms with E-state index in [2.05, 4.69) is 28.9 Å². The van der Waals surface area contributed by atoms with Crippen molar-refractivity contribution in [2.45, 2.75) is 56.7 Å². The predicted octanol–water partition coefficient (Wildman–Crippen LogP) is 2.12. The highest BCUT2D eigenvalue weighted by atomic mass is 32.2. The predicted molar refractivity (Wildman–Crippen MR) is 81.9 cm³/mol. The van der Waals surface area contributed by atoms with Gasteiger partial charge >= 0.3 is 0 Å². The van der Waals surface area contributed by atoms with Gasteiger partial charge in [0.15, 0.2) is 0 Å². The second kappa shape index (κ2) is 6.33. The van der Waals surface area contributed by atoms with E-state index >= 15 is 0 Å². The molecule has 0 aromatic carbocycles. The van der Waals surface area contributed by atoms with Gasteiger partial charge in [-0.15, -0.1) is 0 Å². The lowest BCUT2D eigenvalue weighted by Crippen LogP contribution is -2.52. The number of nitrogens with zero attached hydrogens (tertiary/aromatic N) is 1. The van der Waals surface area contributed by atoms with Gasteiger partial charge in [0.1, 0.15) is 0 Å². The van der Waals surface area contributed by atoms with Gasteiger partial charge in [0.05, 0.1) is 5.60 Å². The molecule has 0 aromatic rings. The van der Waals surface area contributed by atoms with Crippen molar-refractivity contribution in [1.29, 1.82) is 0 Å². The molecule has 3 saturated heterocycles. The monoisotopic (exact) mass is 284 g/mol. The van der Waals surface area contributed by atoms with Crippen LogP contribution >= 0.6 is 11.8 Å². The van der Waals surface area contributed by atoms with Gasteiger partial charge in [0.2, 0.25) is 0 Å². The van der Waals surface area contributed by atoms with Gasteiger partial charge in [-0.25, -0.2) is 0 Å². The zero-order valence-corrected chi connectivity index (χ0v) is 13.0. The van der Waals surface area contributed by atoms with Gasteiger partial charge in [-0.05, 0) is 50.9 Å². The van der Waals surface area contributed by atoms with Crippen molar-refractivity contribution < 1.29 is 4.74 Å². The van der Waals surface area contributed by atoms with Crippen molar-refractivity contribution in [3.63, 3.8) is 0 Å². The molecule has 3 aliphatic heterocycles. The van der Waals surface area contributed by atoms with Crippen molar-refractivity contribution in [3.8, 4) is 0 Å². The third kappa shape index (κ3) is 3.12. The van der Waals surface area contributed by atoms with E-state index in [-0.39, 0.29) is 5.60 Å². The second-order valence-electron chi connectivity index (χ2n) is 6.37. The standard InChI is InChI=1S/C15H28N2OS/c1-2-7-17(14-3-6-16-11-14)13-4-8-18-15(10-13)5-9-19-12-15/h13-14,16H,2-12H2,1H3. The summed E-state index contributed by atoms with van der Waals surface area (Å²) in [5, 5.41) is 3.53. The Morgan fingerprint density at radius 1 is 1.37 bits per heavy atom. The maximum Gasteiger partial charge on any atom is 0.0795 e. The fraction of sp³-hybridized carbons (Fsp3) is 1.00. The lowest BCUT2D eigenvalue weighted by Gasteiger charge is -2.44. The maximum absolute atomic E-state index is 6.18. The molecule has 3 fully saturated rings. The Morgan fingerprint density at radius 2 is 2.32 bits per heavy atom. The Morgan fingerprint density at radius 3 is 3.00 bits per heavy atom. The summed E-state index contributed by atoms with van der Waals surface area (Å²) in [7, 11) is 0. The van der Waals surface area contributed by atoms with Crippen LogP contribution in [0.3, 0.4) is 0 Å². The quantitative estimate of drug-likeness (QED) is 0.854. The summed E-state index contributed by atoms with van der Waals surface area (Å²) in [6.45, 7) is 6.95. The van der Waals surface area contributed by atoms with Crippen molar-refractivity contribution in [2.75, 3.05) is 37.7 Å². The van der Waals surface area contributed by atoms with Gasteiger partial charge in [-0.3, -0.25) is 4.90 Å². The van der Waals surface area contributed by atoms with E-state index in [0.29, 0.717) is 0 Å². The number of thioether (sulfide) groups is 1. The first-order chi connectivity index (χ1) is 9.33. The largest absolute Gasteiger partial charge is 0.374 e. The molecule has 0 radical (unpaired) electrons. The van der Waals surface area contributed by atoms with Crippen LogP contribution in [0, 0.1) is 0 Å². The van der Waals surface area contributed by atoms with Gasteiger partial charge in [0.25, 0.3) is 0 Å². The average Bonchev–Trinajstić information content (AvgIpc) is 3.08. The zero-order chi connectivity index (χ0) is 13.1. The third-order valence-corrected chi connectivity index (χ3v) is 6.21. The SMILES string of the molecule is CCCN(C1CCNC1)C1CCOC2(CCSC2)C1. The van der Waals surface area contributed by atoms with E-state index in [0.717, 1.165) is 18.7 Å². The Balaban J connectivity index is 1.66. The molecule has 1 N–H and O–H groups in total. The number of hydrogen-bond acceptors (Lipinski definition) is 4. The molecule has 4 heteroatoms. The molecule has 0 bridgehead atoms. The smallest absolute Gasteiger partial charge is 0.0795 e. The Kier molecular flexibility index (Phi) is 4.73. The molecule has 110 valence electrons. The van der Waals surface area contributed by atoms with E-state index in [4.69, 9.17) is 4.74 Å². The molecule has 3 nitrogen and oxygen atoms in total. The van der Waals surface area contributed by atoms with Crippen LogP contribution in [-0.2, 0) is 4.74 Å². The molecular formula is C15H28N2OS. The van der Waals surface area contributed by atoms with Crippen LogP contribution in [0.1, 0.15) is 39.0 Å². The fourth-order valence-electron chi connectivity index (χ4n) is 3.99. The maximum atomic E-state index is 6.18. The summed E-state index contributed by atoms with van der Waals surface area (Å²) in [6.07, 6.45) is 6.39. The highest BCUT2D eigenvalue weighted by molar-refractivity contribution is 7.99. The molecule has 1 spiro atoms. The molecule has 0 saturated carbocycles. The summed E-state index contributed by atoms with van der Waals surface area (Å²) >= 11 is 2.08. The second-order valence-corrected chi connectivity index (χ2v) is 7.47. The lowest BCUT2D eigenvalue weighted by atomic mass is 9.88. The minimum atomic E-state index is 0.228. The van der Waals surface area contributed by atoms with Crippen LogP contribution in [0.5, 0.6) is 0 Å². The van der Waals surface area contributed by atoms with E-state index < -0.39 is 0 Å². The highest BCUT2D eigenvalue weighted by Gasteiger charge is 2.43. The van der Waals surface area contributed by atoms with Gasteiger partial charge in [0, 0.05) is 31.0 Å². The van der Waals surface area contributed by atoms with E-state index in [1.165, 1.54) is 63.2 Å². The Hall–Kier alpha value is 0.230. The van der Waals surface area contributed by atoms with Crippen LogP contribution < -0.4 is 5.32 Å². The summed E-state index contributed by atoms with van der Waals surface area (Å²) in [5.41, 5.74) is 0.228. The van der Waals surface area contributed by atoms with Crippen molar-refractivity contribution >= 4 is 11.8 Å². The third-order valence-electron chi connectivity index (χ3n) is 4.99. The molecule has 0 aliphatic carbocycles. The van der Waals surface area contributed by atoms with Crippen LogP contribution in [-0.4, -0.2) is 60.3 Å². The lowest BCUT2D eigenvalue weighted by molar-refractivity contribution is -0.0942. The summed E-state index contributed by atoms with van der Waals surface area (Å²) in [5.74, 6) is 2.53. The van der Waals surface area contributed by atoms with Gasteiger partial charge < -0.3 is 10.1 Å². The van der Waals surface area contributed by atoms with Crippen molar-refractivity contribution in [1.82, 2.24) is 10.2 Å². The first kappa shape index (κ1) is 14.2. The number of nitrogens with one attached hydrogen (secondary N) is 1. The van der Waals surface area contributed by atoms with Gasteiger partial charge in [-0.2, -0.15) is 11.8 Å². The van der Waals surface area contributed by atoms with Crippen molar-refractivity contribution in [2.24, 2.45) is 0 Å². The normalized spacial score (nSPS) is 39.5. The molecule has 3 unspecified atom stereocenters. The number of ether oxygens (including phenoxy) is 1. The fourth-order valence-corrected chi connectivity index (χ4v) is 5.37. The summed E-state index contributed by atoms with van der Waals surface area (Å²) in [4.78, 5) is 2.81. The molecule has 3 heterocycles. The van der Waals surface area contributed by atoms with Crippen LogP contribution in [0.2, 0.25) is 0 Å². The van der Waals surface area contributed by atoms with Crippen LogP contribution in [0.4, 0.5) is 0 Å². The molecule has 3 aliphatic rings. The van der Waals surface area contributed by atoms with Crippen LogP contribution in [0.25, 0.3) is 0 Å². The van der Waals surface area contributed by atoms with Crippen molar-refractivity contribution in [3.05, 3.63) is 0 Å². The summed E-state index contributed by atoms with van der Waals surface area (Å²) in [6, 6.07) is 1.53. The molecule has 0 amide bonds. The number of rotatable bonds is 4. The summed E-state index contributed by atoms with van der Waals surface area (Å²) < 4.78 is 6.18. The first-order valence-electron chi connectivity index (χ1n) is 8.01. The Bertz CT molecular complexity index is 288. The molecule has 19 heavy (non-hydrogen) atoms. The first-order valence-corrected chi connectivity index (χ1v) is 9.17. The molecular weight excluding hydrogens is 256 g/mol. The van der Waals surface area contributed by atoms with E-state index in [1.54, 1.807) is 0 Å². The van der Waals surface area contributed by atoms with Gasteiger partial charge in [-0.1, -0.05) is 6.92 Å².